The number of ether oxygens (including phenoxy) is 3. The SMILES string of the molecule is CCOc1ccccc1OCCOc1ccc(N(C)C)cc1. The average molecular weight is 301 g/mol. The van der Waals surface area contributed by atoms with Crippen LogP contribution in [0.1, 0.15) is 6.92 Å². The monoisotopic (exact) mass is 301 g/mol. The Morgan fingerprint density at radius 2 is 1.36 bits per heavy atom. The summed E-state index contributed by atoms with van der Waals surface area (Å²) in [7, 11) is 4.03. The predicted molar refractivity (Wildman–Crippen MR) is 89.4 cm³/mol. The van der Waals surface area contributed by atoms with Crippen LogP contribution in [-0.2, 0) is 0 Å². The predicted octanol–water partition coefficient (Wildman–Crippen LogP) is 3.61. The third-order valence-corrected chi connectivity index (χ3v) is 3.11. The van der Waals surface area contributed by atoms with Gasteiger partial charge in [-0.3, -0.25) is 0 Å². The third-order valence-electron chi connectivity index (χ3n) is 3.11. The zero-order valence-corrected chi connectivity index (χ0v) is 13.4. The topological polar surface area (TPSA) is 30.9 Å². The lowest BCUT2D eigenvalue weighted by molar-refractivity contribution is 0.208. The van der Waals surface area contributed by atoms with Gasteiger partial charge in [0, 0.05) is 19.8 Å². The van der Waals surface area contributed by atoms with Gasteiger partial charge in [-0.2, -0.15) is 0 Å². The summed E-state index contributed by atoms with van der Waals surface area (Å²) in [6.45, 7) is 3.54. The van der Waals surface area contributed by atoms with Crippen molar-refractivity contribution in [1.82, 2.24) is 0 Å². The van der Waals surface area contributed by atoms with E-state index in [1.54, 1.807) is 0 Å². The van der Waals surface area contributed by atoms with E-state index < -0.39 is 0 Å². The summed E-state index contributed by atoms with van der Waals surface area (Å²) in [5, 5.41) is 0. The number of hydrogen-bond acceptors (Lipinski definition) is 4. The van der Waals surface area contributed by atoms with Gasteiger partial charge in [-0.25, -0.2) is 0 Å². The lowest BCUT2D eigenvalue weighted by Crippen LogP contribution is -2.10. The van der Waals surface area contributed by atoms with Gasteiger partial charge in [-0.15, -0.1) is 0 Å². The normalized spacial score (nSPS) is 10.1. The van der Waals surface area contributed by atoms with Gasteiger partial charge in [-0.05, 0) is 43.3 Å². The first kappa shape index (κ1) is 16.0. The van der Waals surface area contributed by atoms with Crippen LogP contribution in [0.25, 0.3) is 0 Å². The van der Waals surface area contributed by atoms with E-state index in [1.165, 1.54) is 0 Å². The molecule has 0 bridgehead atoms. The van der Waals surface area contributed by atoms with Crippen LogP contribution >= 0.6 is 0 Å². The van der Waals surface area contributed by atoms with Crippen molar-refractivity contribution in [2.45, 2.75) is 6.92 Å². The quantitative estimate of drug-likeness (QED) is 0.697. The molecule has 0 spiro atoms. The number of anilines is 1. The third kappa shape index (κ3) is 4.58. The molecule has 22 heavy (non-hydrogen) atoms. The van der Waals surface area contributed by atoms with Gasteiger partial charge in [0.25, 0.3) is 0 Å². The van der Waals surface area contributed by atoms with Crippen LogP contribution in [0, 0.1) is 0 Å². The molecule has 4 heteroatoms. The first-order valence-electron chi connectivity index (χ1n) is 7.45. The number of para-hydroxylation sites is 2. The number of rotatable bonds is 8. The molecule has 118 valence electrons. The first-order chi connectivity index (χ1) is 10.7. The highest BCUT2D eigenvalue weighted by Gasteiger charge is 2.03. The molecule has 0 saturated heterocycles. The van der Waals surface area contributed by atoms with Crippen molar-refractivity contribution in [3.05, 3.63) is 48.5 Å². The number of benzene rings is 2. The Bertz CT molecular complexity index is 567. The fourth-order valence-corrected chi connectivity index (χ4v) is 2.00. The molecule has 4 nitrogen and oxygen atoms in total. The Labute approximate surface area is 132 Å². The van der Waals surface area contributed by atoms with Crippen molar-refractivity contribution in [3.63, 3.8) is 0 Å². The van der Waals surface area contributed by atoms with E-state index in [1.807, 2.05) is 69.6 Å². The van der Waals surface area contributed by atoms with Gasteiger partial charge in [0.1, 0.15) is 19.0 Å². The van der Waals surface area contributed by atoms with Gasteiger partial charge < -0.3 is 19.1 Å². The second kappa shape index (κ2) is 8.17. The van der Waals surface area contributed by atoms with Crippen LogP contribution in [0.4, 0.5) is 5.69 Å². The fraction of sp³-hybridized carbons (Fsp3) is 0.333. The van der Waals surface area contributed by atoms with Gasteiger partial charge in [-0.1, -0.05) is 12.1 Å². The summed E-state index contributed by atoms with van der Waals surface area (Å²) < 4.78 is 16.9. The minimum atomic E-state index is 0.472. The van der Waals surface area contributed by atoms with Crippen LogP contribution in [-0.4, -0.2) is 33.9 Å². The molecule has 0 aromatic heterocycles. The molecule has 0 radical (unpaired) electrons. The molecule has 0 aliphatic heterocycles. The maximum absolute atomic E-state index is 5.72. The summed E-state index contributed by atoms with van der Waals surface area (Å²) >= 11 is 0. The largest absolute Gasteiger partial charge is 0.490 e. The van der Waals surface area contributed by atoms with Crippen molar-refractivity contribution in [2.75, 3.05) is 38.8 Å². The van der Waals surface area contributed by atoms with E-state index in [-0.39, 0.29) is 0 Å². The maximum atomic E-state index is 5.72. The van der Waals surface area contributed by atoms with Crippen LogP contribution < -0.4 is 19.1 Å². The van der Waals surface area contributed by atoms with Gasteiger partial charge >= 0.3 is 0 Å². The van der Waals surface area contributed by atoms with Crippen molar-refractivity contribution < 1.29 is 14.2 Å². The van der Waals surface area contributed by atoms with E-state index in [9.17, 15) is 0 Å². The van der Waals surface area contributed by atoms with Crippen LogP contribution in [0.2, 0.25) is 0 Å². The molecule has 0 amide bonds. The molecule has 0 aliphatic rings. The van der Waals surface area contributed by atoms with E-state index in [0.29, 0.717) is 19.8 Å². The van der Waals surface area contributed by atoms with Crippen molar-refractivity contribution in [1.29, 1.82) is 0 Å². The van der Waals surface area contributed by atoms with Crippen LogP contribution in [0.15, 0.2) is 48.5 Å². The Kier molecular flexibility index (Phi) is 5.95. The molecule has 0 aliphatic carbocycles. The lowest BCUT2D eigenvalue weighted by Gasteiger charge is -2.14. The molecule has 2 aromatic carbocycles. The van der Waals surface area contributed by atoms with E-state index >= 15 is 0 Å². The molecule has 0 heterocycles. The molecular formula is C18H23NO3. The zero-order valence-electron chi connectivity index (χ0n) is 13.4. The van der Waals surface area contributed by atoms with Crippen LogP contribution in [0.3, 0.4) is 0 Å². The Morgan fingerprint density at radius 3 is 1.95 bits per heavy atom. The molecule has 2 rings (SSSR count). The van der Waals surface area contributed by atoms with E-state index in [2.05, 4.69) is 4.90 Å². The Balaban J connectivity index is 1.79. The van der Waals surface area contributed by atoms with E-state index in [0.717, 1.165) is 22.9 Å². The summed E-state index contributed by atoms with van der Waals surface area (Å²) in [5.74, 6) is 2.35. The summed E-state index contributed by atoms with van der Waals surface area (Å²) in [5.41, 5.74) is 1.15. The molecule has 0 N–H and O–H groups in total. The standard InChI is InChI=1S/C18H23NO3/c1-4-20-17-7-5-6-8-18(17)22-14-13-21-16-11-9-15(10-12-16)19(2)3/h5-12H,4,13-14H2,1-3H3. The molecule has 0 unspecified atom stereocenters. The molecule has 0 atom stereocenters. The van der Waals surface area contributed by atoms with Crippen molar-refractivity contribution >= 4 is 5.69 Å². The van der Waals surface area contributed by atoms with Crippen molar-refractivity contribution in [2.24, 2.45) is 0 Å². The van der Waals surface area contributed by atoms with E-state index in [4.69, 9.17) is 14.2 Å². The molecule has 0 fully saturated rings. The second-order valence-corrected chi connectivity index (χ2v) is 4.96. The van der Waals surface area contributed by atoms with Crippen LogP contribution in [0.5, 0.6) is 17.2 Å². The minimum absolute atomic E-state index is 0.472. The van der Waals surface area contributed by atoms with Gasteiger partial charge in [0.15, 0.2) is 11.5 Å². The second-order valence-electron chi connectivity index (χ2n) is 4.96. The molecular weight excluding hydrogens is 278 g/mol. The highest BCUT2D eigenvalue weighted by atomic mass is 16.5. The Morgan fingerprint density at radius 1 is 0.773 bits per heavy atom. The number of nitrogens with zero attached hydrogens (tertiary/aromatic N) is 1. The Hall–Kier alpha value is -2.36. The van der Waals surface area contributed by atoms with Gasteiger partial charge in [0.05, 0.1) is 6.61 Å². The van der Waals surface area contributed by atoms with Crippen molar-refractivity contribution in [3.8, 4) is 17.2 Å². The zero-order chi connectivity index (χ0) is 15.8. The molecule has 2 aromatic rings. The summed E-state index contributed by atoms with van der Waals surface area (Å²) in [4.78, 5) is 2.05. The first-order valence-corrected chi connectivity index (χ1v) is 7.45. The smallest absolute Gasteiger partial charge is 0.161 e. The average Bonchev–Trinajstić information content (AvgIpc) is 2.53. The summed E-state index contributed by atoms with van der Waals surface area (Å²) in [6.07, 6.45) is 0. The molecule has 0 saturated carbocycles. The highest BCUT2D eigenvalue weighted by Crippen LogP contribution is 2.26. The maximum Gasteiger partial charge on any atom is 0.161 e. The lowest BCUT2D eigenvalue weighted by atomic mass is 10.3. The highest BCUT2D eigenvalue weighted by molar-refractivity contribution is 5.47. The number of hydrogen-bond donors (Lipinski definition) is 0. The fourth-order valence-electron chi connectivity index (χ4n) is 2.00. The minimum Gasteiger partial charge on any atom is -0.490 e. The van der Waals surface area contributed by atoms with Gasteiger partial charge in [0.2, 0.25) is 0 Å². The summed E-state index contributed by atoms with van der Waals surface area (Å²) in [6, 6.07) is 15.6.